The largest absolute Gasteiger partial charge is 0.333 e. The molecule has 0 spiro atoms. The number of hydrogen-bond donors (Lipinski definition) is 0. The predicted octanol–water partition coefficient (Wildman–Crippen LogP) is 2.60. The number of aromatic nitrogens is 2. The zero-order valence-electron chi connectivity index (χ0n) is 9.54. The van der Waals surface area contributed by atoms with Crippen LogP contribution in [0.25, 0.3) is 0 Å². The second-order valence-electron chi connectivity index (χ2n) is 3.76. The van der Waals surface area contributed by atoms with Crippen molar-refractivity contribution in [3.05, 3.63) is 54.1 Å². The number of nitrogens with zero attached hydrogens (tertiary/aromatic N) is 3. The molecule has 0 fully saturated rings. The minimum atomic E-state index is 0.165. The molecule has 3 heteroatoms. The number of imidazole rings is 1. The summed E-state index contributed by atoms with van der Waals surface area (Å²) in [6.07, 6.45) is 5.50. The van der Waals surface area contributed by atoms with Crippen LogP contribution in [-0.2, 0) is 7.05 Å². The number of rotatable bonds is 3. The van der Waals surface area contributed by atoms with Crippen LogP contribution >= 0.6 is 0 Å². The molecule has 0 amide bonds. The van der Waals surface area contributed by atoms with Gasteiger partial charge in [-0.05, 0) is 12.5 Å². The molecule has 0 saturated carbocycles. The van der Waals surface area contributed by atoms with Crippen molar-refractivity contribution < 1.29 is 0 Å². The molecule has 82 valence electrons. The fourth-order valence-electron chi connectivity index (χ4n) is 1.50. The summed E-state index contributed by atoms with van der Waals surface area (Å²) in [6, 6.07) is 10.4. The Balaban J connectivity index is 2.11. The van der Waals surface area contributed by atoms with Crippen molar-refractivity contribution in [2.45, 2.75) is 13.0 Å². The summed E-state index contributed by atoms with van der Waals surface area (Å²) < 4.78 is 1.95. The van der Waals surface area contributed by atoms with E-state index in [1.165, 1.54) is 5.56 Å². The maximum absolute atomic E-state index is 4.49. The Morgan fingerprint density at radius 2 is 2.06 bits per heavy atom. The van der Waals surface area contributed by atoms with Gasteiger partial charge in [-0.25, -0.2) is 4.98 Å². The molecule has 1 aromatic heterocycles. The average molecular weight is 213 g/mol. The highest BCUT2D eigenvalue weighted by Crippen LogP contribution is 2.15. The van der Waals surface area contributed by atoms with Gasteiger partial charge in [0, 0.05) is 19.4 Å². The van der Waals surface area contributed by atoms with E-state index in [4.69, 9.17) is 0 Å². The van der Waals surface area contributed by atoms with E-state index in [0.29, 0.717) is 0 Å². The van der Waals surface area contributed by atoms with Gasteiger partial charge in [0.1, 0.15) is 5.82 Å². The molecule has 0 aliphatic carbocycles. The van der Waals surface area contributed by atoms with E-state index in [1.54, 1.807) is 6.20 Å². The van der Waals surface area contributed by atoms with Gasteiger partial charge < -0.3 is 4.57 Å². The quantitative estimate of drug-likeness (QED) is 0.721. The highest BCUT2D eigenvalue weighted by atomic mass is 15.0. The number of benzene rings is 1. The molecular formula is C13H15N3. The first-order chi connectivity index (χ1) is 7.77. The molecule has 3 nitrogen and oxygen atoms in total. The number of aliphatic imine (C=N–C) groups is 1. The van der Waals surface area contributed by atoms with E-state index in [0.717, 1.165) is 5.82 Å². The summed E-state index contributed by atoms with van der Waals surface area (Å²) in [5, 5.41) is 0. The first-order valence-electron chi connectivity index (χ1n) is 5.33. The van der Waals surface area contributed by atoms with Gasteiger partial charge in [0.25, 0.3) is 0 Å². The fourth-order valence-corrected chi connectivity index (χ4v) is 1.50. The molecule has 0 bridgehead atoms. The summed E-state index contributed by atoms with van der Waals surface area (Å²) in [5.74, 6) is 0.878. The standard InChI is InChI=1S/C13H15N3/c1-11(12-6-4-3-5-7-12)15-10-13-14-8-9-16(13)2/h3-11H,1-2H3/t11-/m0/s1. The third-order valence-corrected chi connectivity index (χ3v) is 2.55. The lowest BCUT2D eigenvalue weighted by Crippen LogP contribution is -1.97. The number of aryl methyl sites for hydroxylation is 1. The van der Waals surface area contributed by atoms with Gasteiger partial charge in [0.05, 0.1) is 12.3 Å². The van der Waals surface area contributed by atoms with Gasteiger partial charge in [-0.1, -0.05) is 30.3 Å². The van der Waals surface area contributed by atoms with E-state index >= 15 is 0 Å². The molecule has 0 aliphatic heterocycles. The average Bonchev–Trinajstić information content (AvgIpc) is 2.73. The lowest BCUT2D eigenvalue weighted by Gasteiger charge is -2.05. The van der Waals surface area contributed by atoms with Crippen molar-refractivity contribution in [1.29, 1.82) is 0 Å². The Labute approximate surface area is 95.5 Å². The lowest BCUT2D eigenvalue weighted by molar-refractivity contribution is 0.818. The van der Waals surface area contributed by atoms with Crippen molar-refractivity contribution in [1.82, 2.24) is 9.55 Å². The van der Waals surface area contributed by atoms with E-state index in [9.17, 15) is 0 Å². The first kappa shape index (κ1) is 10.6. The SMILES string of the molecule is C[C@H](N=Cc1nccn1C)c1ccccc1. The lowest BCUT2D eigenvalue weighted by atomic mass is 10.1. The van der Waals surface area contributed by atoms with Crippen molar-refractivity contribution in [3.63, 3.8) is 0 Å². The van der Waals surface area contributed by atoms with Crippen molar-refractivity contribution in [2.24, 2.45) is 12.0 Å². The van der Waals surface area contributed by atoms with Gasteiger partial charge in [-0.2, -0.15) is 0 Å². The predicted molar refractivity (Wildman–Crippen MR) is 65.7 cm³/mol. The van der Waals surface area contributed by atoms with Gasteiger partial charge in [-0.3, -0.25) is 4.99 Å². The van der Waals surface area contributed by atoms with Crippen LogP contribution in [-0.4, -0.2) is 15.8 Å². The van der Waals surface area contributed by atoms with Crippen molar-refractivity contribution in [3.8, 4) is 0 Å². The minimum absolute atomic E-state index is 0.165. The summed E-state index contributed by atoms with van der Waals surface area (Å²) in [4.78, 5) is 8.68. The van der Waals surface area contributed by atoms with Crippen LogP contribution in [0, 0.1) is 0 Å². The van der Waals surface area contributed by atoms with E-state index < -0.39 is 0 Å². The van der Waals surface area contributed by atoms with Crippen LogP contribution in [0.2, 0.25) is 0 Å². The minimum Gasteiger partial charge on any atom is -0.333 e. The molecule has 0 radical (unpaired) electrons. The van der Waals surface area contributed by atoms with Gasteiger partial charge in [0.2, 0.25) is 0 Å². The van der Waals surface area contributed by atoms with E-state index in [1.807, 2.05) is 42.2 Å². The van der Waals surface area contributed by atoms with Gasteiger partial charge in [0.15, 0.2) is 0 Å². The zero-order valence-corrected chi connectivity index (χ0v) is 9.54. The Hall–Kier alpha value is -1.90. The third-order valence-electron chi connectivity index (χ3n) is 2.55. The van der Waals surface area contributed by atoms with Crippen LogP contribution in [0.5, 0.6) is 0 Å². The maximum atomic E-state index is 4.49. The summed E-state index contributed by atoms with van der Waals surface area (Å²) in [5.41, 5.74) is 1.22. The van der Waals surface area contributed by atoms with Gasteiger partial charge >= 0.3 is 0 Å². The topological polar surface area (TPSA) is 30.2 Å². The Morgan fingerprint density at radius 3 is 2.69 bits per heavy atom. The van der Waals surface area contributed by atoms with Crippen LogP contribution in [0.1, 0.15) is 24.4 Å². The molecule has 1 atom stereocenters. The summed E-state index contributed by atoms with van der Waals surface area (Å²) in [7, 11) is 1.96. The molecule has 0 saturated heterocycles. The summed E-state index contributed by atoms with van der Waals surface area (Å²) in [6.45, 7) is 2.08. The van der Waals surface area contributed by atoms with Crippen LogP contribution < -0.4 is 0 Å². The maximum Gasteiger partial charge on any atom is 0.150 e. The molecule has 2 rings (SSSR count). The zero-order chi connectivity index (χ0) is 11.4. The van der Waals surface area contributed by atoms with E-state index in [2.05, 4.69) is 29.0 Å². The molecule has 16 heavy (non-hydrogen) atoms. The highest BCUT2D eigenvalue weighted by molar-refractivity contribution is 5.74. The Kier molecular flexibility index (Phi) is 3.15. The molecule has 1 heterocycles. The number of hydrogen-bond acceptors (Lipinski definition) is 2. The van der Waals surface area contributed by atoms with Crippen molar-refractivity contribution in [2.75, 3.05) is 0 Å². The van der Waals surface area contributed by atoms with Crippen molar-refractivity contribution >= 4 is 6.21 Å². The van der Waals surface area contributed by atoms with Crippen LogP contribution in [0.15, 0.2) is 47.7 Å². The van der Waals surface area contributed by atoms with Crippen LogP contribution in [0.4, 0.5) is 0 Å². The Bertz CT molecular complexity index is 471. The molecule has 0 aliphatic rings. The monoisotopic (exact) mass is 213 g/mol. The molecule has 2 aromatic rings. The Morgan fingerprint density at radius 1 is 1.31 bits per heavy atom. The fraction of sp³-hybridized carbons (Fsp3) is 0.231. The second-order valence-corrected chi connectivity index (χ2v) is 3.76. The highest BCUT2D eigenvalue weighted by Gasteiger charge is 2.01. The molecular weight excluding hydrogens is 198 g/mol. The molecule has 0 unspecified atom stereocenters. The third kappa shape index (κ3) is 2.37. The van der Waals surface area contributed by atoms with Crippen LogP contribution in [0.3, 0.4) is 0 Å². The van der Waals surface area contributed by atoms with E-state index in [-0.39, 0.29) is 6.04 Å². The normalized spacial score (nSPS) is 13.1. The molecule has 0 N–H and O–H groups in total. The second kappa shape index (κ2) is 4.75. The first-order valence-corrected chi connectivity index (χ1v) is 5.33. The smallest absolute Gasteiger partial charge is 0.150 e. The molecule has 1 aromatic carbocycles. The summed E-state index contributed by atoms with van der Waals surface area (Å²) >= 11 is 0. The van der Waals surface area contributed by atoms with Gasteiger partial charge in [-0.15, -0.1) is 0 Å².